The van der Waals surface area contributed by atoms with Crippen molar-refractivity contribution in [2.75, 3.05) is 0 Å². The summed E-state index contributed by atoms with van der Waals surface area (Å²) in [5.41, 5.74) is 1.23. The maximum Gasteiger partial charge on any atom is 0.322 e. The summed E-state index contributed by atoms with van der Waals surface area (Å²) in [6.45, 7) is 1.75. The van der Waals surface area contributed by atoms with E-state index in [0.717, 1.165) is 9.69 Å². The van der Waals surface area contributed by atoms with Crippen LogP contribution in [0.1, 0.15) is 25.3 Å². The van der Waals surface area contributed by atoms with Crippen molar-refractivity contribution in [1.29, 1.82) is 0 Å². The number of pyridine rings is 1. The van der Waals surface area contributed by atoms with E-state index in [2.05, 4.69) is 4.98 Å². The lowest BCUT2D eigenvalue weighted by atomic mass is 10.1. The number of nitrogens with zero attached hydrogens (tertiary/aromatic N) is 2. The fourth-order valence-electron chi connectivity index (χ4n) is 3.22. The van der Waals surface area contributed by atoms with Gasteiger partial charge in [-0.05, 0) is 31.4 Å². The Labute approximate surface area is 134 Å². The Balaban J connectivity index is 1.98. The molecule has 122 valence electrons. The van der Waals surface area contributed by atoms with Crippen molar-refractivity contribution < 1.29 is 18.3 Å². The average Bonchev–Trinajstić information content (AvgIpc) is 2.90. The SMILES string of the molecule is C[C@@H]1CC[C@H](C(=O)O)N1S(=O)(=O)Cc1cccc2cccnc12. The molecule has 1 aromatic heterocycles. The van der Waals surface area contributed by atoms with Crippen LogP contribution in [0, 0.1) is 0 Å². The lowest BCUT2D eigenvalue weighted by Gasteiger charge is -2.25. The zero-order valence-electron chi connectivity index (χ0n) is 12.7. The van der Waals surface area contributed by atoms with Crippen molar-refractivity contribution in [3.63, 3.8) is 0 Å². The monoisotopic (exact) mass is 334 g/mol. The number of carbonyl (C=O) groups is 1. The maximum atomic E-state index is 12.8. The fraction of sp³-hybridized carbons (Fsp3) is 0.375. The van der Waals surface area contributed by atoms with Gasteiger partial charge in [-0.1, -0.05) is 24.3 Å². The lowest BCUT2D eigenvalue weighted by Crippen LogP contribution is -2.44. The summed E-state index contributed by atoms with van der Waals surface area (Å²) in [4.78, 5) is 15.6. The molecule has 2 heterocycles. The second-order valence-electron chi connectivity index (χ2n) is 5.86. The molecule has 23 heavy (non-hydrogen) atoms. The number of hydrogen-bond acceptors (Lipinski definition) is 4. The normalized spacial score (nSPS) is 22.5. The third kappa shape index (κ3) is 2.94. The van der Waals surface area contributed by atoms with Crippen LogP contribution in [0.3, 0.4) is 0 Å². The Bertz CT molecular complexity index is 845. The van der Waals surface area contributed by atoms with E-state index in [-0.39, 0.29) is 11.8 Å². The van der Waals surface area contributed by atoms with Crippen LogP contribution in [0.4, 0.5) is 0 Å². The number of hydrogen-bond donors (Lipinski definition) is 1. The molecular weight excluding hydrogens is 316 g/mol. The number of para-hydroxylation sites is 1. The molecular formula is C16H18N2O4S. The molecule has 6 nitrogen and oxygen atoms in total. The molecule has 2 atom stereocenters. The number of aromatic nitrogens is 1. The van der Waals surface area contributed by atoms with Gasteiger partial charge in [0.1, 0.15) is 6.04 Å². The third-order valence-corrected chi connectivity index (χ3v) is 6.19. The van der Waals surface area contributed by atoms with Crippen LogP contribution in [-0.4, -0.2) is 40.9 Å². The largest absolute Gasteiger partial charge is 0.480 e. The zero-order valence-corrected chi connectivity index (χ0v) is 13.5. The number of fused-ring (bicyclic) bond motifs is 1. The van der Waals surface area contributed by atoms with Gasteiger partial charge in [0.2, 0.25) is 10.0 Å². The molecule has 0 bridgehead atoms. The second-order valence-corrected chi connectivity index (χ2v) is 7.73. The first-order chi connectivity index (χ1) is 10.9. The molecule has 1 aliphatic heterocycles. The van der Waals surface area contributed by atoms with E-state index >= 15 is 0 Å². The summed E-state index contributed by atoms with van der Waals surface area (Å²) in [6.07, 6.45) is 2.53. The van der Waals surface area contributed by atoms with Crippen LogP contribution >= 0.6 is 0 Å². The molecule has 7 heteroatoms. The first-order valence-corrected chi connectivity index (χ1v) is 9.08. The number of rotatable bonds is 4. The highest BCUT2D eigenvalue weighted by Gasteiger charge is 2.43. The Morgan fingerprint density at radius 1 is 1.30 bits per heavy atom. The highest BCUT2D eigenvalue weighted by Crippen LogP contribution is 2.30. The number of carboxylic acids is 1. The van der Waals surface area contributed by atoms with Crippen LogP contribution in [-0.2, 0) is 20.6 Å². The lowest BCUT2D eigenvalue weighted by molar-refractivity contribution is -0.140. The molecule has 1 aliphatic rings. The molecule has 0 spiro atoms. The van der Waals surface area contributed by atoms with Gasteiger partial charge in [-0.25, -0.2) is 8.42 Å². The van der Waals surface area contributed by atoms with Gasteiger partial charge in [0.05, 0.1) is 11.3 Å². The van der Waals surface area contributed by atoms with Gasteiger partial charge in [-0.3, -0.25) is 9.78 Å². The van der Waals surface area contributed by atoms with E-state index in [1.807, 2.05) is 12.1 Å². The predicted octanol–water partition coefficient (Wildman–Crippen LogP) is 2.00. The summed E-state index contributed by atoms with van der Waals surface area (Å²) in [6, 6.07) is 7.78. The molecule has 3 rings (SSSR count). The minimum atomic E-state index is -3.74. The predicted molar refractivity (Wildman–Crippen MR) is 86.3 cm³/mol. The van der Waals surface area contributed by atoms with Crippen molar-refractivity contribution in [3.8, 4) is 0 Å². The van der Waals surface area contributed by atoms with Crippen molar-refractivity contribution >= 4 is 26.9 Å². The summed E-state index contributed by atoms with van der Waals surface area (Å²) in [7, 11) is -3.74. The molecule has 1 N–H and O–H groups in total. The van der Waals surface area contributed by atoms with Gasteiger partial charge in [-0.2, -0.15) is 4.31 Å². The smallest absolute Gasteiger partial charge is 0.322 e. The summed E-state index contributed by atoms with van der Waals surface area (Å²) < 4.78 is 26.8. The van der Waals surface area contributed by atoms with Gasteiger partial charge >= 0.3 is 5.97 Å². The summed E-state index contributed by atoms with van der Waals surface area (Å²) in [5, 5.41) is 10.1. The molecule has 1 fully saturated rings. The first kappa shape index (κ1) is 15.9. The van der Waals surface area contributed by atoms with Crippen LogP contribution in [0.2, 0.25) is 0 Å². The van der Waals surface area contributed by atoms with E-state index in [1.165, 1.54) is 0 Å². The zero-order chi connectivity index (χ0) is 16.6. The van der Waals surface area contributed by atoms with E-state index in [1.54, 1.807) is 31.3 Å². The Morgan fingerprint density at radius 3 is 2.78 bits per heavy atom. The van der Waals surface area contributed by atoms with Crippen LogP contribution in [0.25, 0.3) is 10.9 Å². The van der Waals surface area contributed by atoms with E-state index in [4.69, 9.17) is 0 Å². The fourth-order valence-corrected chi connectivity index (χ4v) is 5.23. The topological polar surface area (TPSA) is 87.6 Å². The Hall–Kier alpha value is -1.99. The number of carboxylic acid groups (broad SMARTS) is 1. The molecule has 0 aliphatic carbocycles. The molecule has 0 radical (unpaired) electrons. The Morgan fingerprint density at radius 2 is 2.04 bits per heavy atom. The highest BCUT2D eigenvalue weighted by atomic mass is 32.2. The molecule has 1 aromatic carbocycles. The minimum Gasteiger partial charge on any atom is -0.480 e. The van der Waals surface area contributed by atoms with Gasteiger partial charge in [0, 0.05) is 17.6 Å². The number of sulfonamides is 1. The van der Waals surface area contributed by atoms with Gasteiger partial charge in [0.15, 0.2) is 0 Å². The van der Waals surface area contributed by atoms with E-state index in [9.17, 15) is 18.3 Å². The third-order valence-electron chi connectivity index (χ3n) is 4.26. The second kappa shape index (κ2) is 5.90. The first-order valence-electron chi connectivity index (χ1n) is 7.47. The van der Waals surface area contributed by atoms with Gasteiger partial charge in [-0.15, -0.1) is 0 Å². The molecule has 0 saturated carbocycles. The average molecular weight is 334 g/mol. The Kier molecular flexibility index (Phi) is 4.08. The van der Waals surface area contributed by atoms with E-state index < -0.39 is 22.0 Å². The van der Waals surface area contributed by atoms with Gasteiger partial charge in [0.25, 0.3) is 0 Å². The maximum absolute atomic E-state index is 12.8. The molecule has 1 saturated heterocycles. The minimum absolute atomic E-state index is 0.241. The number of aliphatic carboxylic acids is 1. The van der Waals surface area contributed by atoms with Crippen molar-refractivity contribution in [3.05, 3.63) is 42.1 Å². The highest BCUT2D eigenvalue weighted by molar-refractivity contribution is 7.88. The summed E-state index contributed by atoms with van der Waals surface area (Å²) >= 11 is 0. The molecule has 2 aromatic rings. The quantitative estimate of drug-likeness (QED) is 0.924. The van der Waals surface area contributed by atoms with Gasteiger partial charge < -0.3 is 5.11 Å². The van der Waals surface area contributed by atoms with Crippen LogP contribution < -0.4 is 0 Å². The number of benzene rings is 1. The van der Waals surface area contributed by atoms with Crippen molar-refractivity contribution in [2.24, 2.45) is 0 Å². The molecule has 0 amide bonds. The van der Waals surface area contributed by atoms with Crippen molar-refractivity contribution in [1.82, 2.24) is 9.29 Å². The molecule has 0 unspecified atom stereocenters. The van der Waals surface area contributed by atoms with Crippen LogP contribution in [0.15, 0.2) is 36.5 Å². The van der Waals surface area contributed by atoms with E-state index in [0.29, 0.717) is 23.9 Å². The summed E-state index contributed by atoms with van der Waals surface area (Å²) in [5.74, 6) is -1.33. The van der Waals surface area contributed by atoms with Crippen LogP contribution in [0.5, 0.6) is 0 Å². The van der Waals surface area contributed by atoms with Crippen molar-refractivity contribution in [2.45, 2.75) is 37.6 Å². The standard InChI is InChI=1S/C16H18N2O4S/c1-11-7-8-14(16(19)20)18(11)23(21,22)10-13-5-2-4-12-6-3-9-17-15(12)13/h2-6,9,11,14H,7-8,10H2,1H3,(H,19,20)/t11-,14-/m1/s1.